The molecule has 1 aliphatic carbocycles. The summed E-state index contributed by atoms with van der Waals surface area (Å²) in [6.45, 7) is 10.9. The Morgan fingerprint density at radius 2 is 1.77 bits per heavy atom. The molecular formula is C32H37FN2O4. The number of fused-ring (bicyclic) bond motifs is 1. The Labute approximate surface area is 230 Å². The van der Waals surface area contributed by atoms with Gasteiger partial charge in [0.05, 0.1) is 20.6 Å². The largest absolute Gasteiger partial charge is 0.493 e. The van der Waals surface area contributed by atoms with Crippen LogP contribution in [0.15, 0.2) is 72.9 Å². The van der Waals surface area contributed by atoms with Gasteiger partial charge in [0.2, 0.25) is 11.7 Å². The third-order valence-electron chi connectivity index (χ3n) is 6.45. The highest BCUT2D eigenvalue weighted by molar-refractivity contribution is 6.08. The first kappa shape index (κ1) is 29.5. The van der Waals surface area contributed by atoms with Crippen LogP contribution in [0.25, 0.3) is 17.2 Å². The second kappa shape index (κ2) is 13.6. The van der Waals surface area contributed by atoms with Gasteiger partial charge >= 0.3 is 0 Å². The summed E-state index contributed by atoms with van der Waals surface area (Å²) in [7, 11) is 7.12. The van der Waals surface area contributed by atoms with Crippen LogP contribution in [-0.4, -0.2) is 58.8 Å². The molecule has 1 N–H and O–H groups in total. The summed E-state index contributed by atoms with van der Waals surface area (Å²) in [5.41, 5.74) is 5.82. The number of hydrogen-bond acceptors (Lipinski definition) is 5. The highest BCUT2D eigenvalue weighted by Gasteiger charge is 2.26. The molecule has 7 heteroatoms. The van der Waals surface area contributed by atoms with Crippen molar-refractivity contribution < 1.29 is 23.4 Å². The minimum Gasteiger partial charge on any atom is -0.493 e. The van der Waals surface area contributed by atoms with E-state index >= 15 is 0 Å². The van der Waals surface area contributed by atoms with E-state index in [1.807, 2.05) is 44.1 Å². The van der Waals surface area contributed by atoms with E-state index in [1.165, 1.54) is 12.1 Å². The number of ether oxygens (including phenoxy) is 3. The third-order valence-corrected chi connectivity index (χ3v) is 6.45. The highest BCUT2D eigenvalue weighted by atomic mass is 19.1. The molecule has 206 valence electrons. The topological polar surface area (TPSA) is 60.0 Å². The Kier molecular flexibility index (Phi) is 10.3. The number of allylic oxidation sites excluding steroid dienone is 4. The minimum absolute atomic E-state index is 0.115. The molecule has 1 amide bonds. The van der Waals surface area contributed by atoms with Crippen molar-refractivity contribution in [2.45, 2.75) is 13.3 Å². The summed E-state index contributed by atoms with van der Waals surface area (Å²) in [6.07, 6.45) is 7.22. The molecule has 39 heavy (non-hydrogen) atoms. The van der Waals surface area contributed by atoms with Gasteiger partial charge in [-0.15, -0.1) is 0 Å². The SMILES string of the molecule is C=C/C=C(\C=C)CNC(=O)CC1=C(C)/C(=C/c2cc(OC)c(OCCN(C)C)c(OC)c2)c2ccc(F)cc21. The molecule has 0 saturated heterocycles. The van der Waals surface area contributed by atoms with E-state index in [0.29, 0.717) is 36.0 Å². The van der Waals surface area contributed by atoms with Gasteiger partial charge in [0, 0.05) is 13.1 Å². The van der Waals surface area contributed by atoms with Crippen molar-refractivity contribution in [3.63, 3.8) is 0 Å². The molecular weight excluding hydrogens is 495 g/mol. The average Bonchev–Trinajstić information content (AvgIpc) is 3.16. The maximum absolute atomic E-state index is 14.3. The van der Waals surface area contributed by atoms with E-state index in [9.17, 15) is 9.18 Å². The van der Waals surface area contributed by atoms with Crippen molar-refractivity contribution >= 4 is 23.1 Å². The van der Waals surface area contributed by atoms with Crippen LogP contribution < -0.4 is 19.5 Å². The van der Waals surface area contributed by atoms with Gasteiger partial charge < -0.3 is 24.4 Å². The molecule has 6 nitrogen and oxygen atoms in total. The fraction of sp³-hybridized carbons (Fsp3) is 0.281. The van der Waals surface area contributed by atoms with Crippen LogP contribution in [0.1, 0.15) is 30.0 Å². The number of methoxy groups -OCH3 is 2. The molecule has 0 aliphatic heterocycles. The number of carbonyl (C=O) groups is 1. The highest BCUT2D eigenvalue weighted by Crippen LogP contribution is 2.45. The van der Waals surface area contributed by atoms with Gasteiger partial charge in [0.25, 0.3) is 0 Å². The first-order valence-corrected chi connectivity index (χ1v) is 12.7. The van der Waals surface area contributed by atoms with Crippen LogP contribution in [0.4, 0.5) is 4.39 Å². The summed E-state index contributed by atoms with van der Waals surface area (Å²) < 4.78 is 31.5. The van der Waals surface area contributed by atoms with Crippen molar-refractivity contribution in [1.29, 1.82) is 0 Å². The van der Waals surface area contributed by atoms with Crippen LogP contribution in [-0.2, 0) is 4.79 Å². The molecule has 0 spiro atoms. The summed E-state index contributed by atoms with van der Waals surface area (Å²) in [6, 6.07) is 8.43. The molecule has 0 heterocycles. The van der Waals surface area contributed by atoms with Gasteiger partial charge in [-0.1, -0.05) is 37.5 Å². The van der Waals surface area contributed by atoms with Crippen molar-refractivity contribution in [3.05, 3.63) is 95.4 Å². The summed E-state index contributed by atoms with van der Waals surface area (Å²) in [5, 5.41) is 2.91. The first-order valence-electron chi connectivity index (χ1n) is 12.7. The number of nitrogens with zero attached hydrogens (tertiary/aromatic N) is 1. The number of benzene rings is 2. The number of rotatable bonds is 13. The van der Waals surface area contributed by atoms with Crippen molar-refractivity contribution in [2.24, 2.45) is 0 Å². The smallest absolute Gasteiger partial charge is 0.224 e. The monoisotopic (exact) mass is 532 g/mol. The lowest BCUT2D eigenvalue weighted by atomic mass is 10.00. The van der Waals surface area contributed by atoms with E-state index in [0.717, 1.165) is 40.0 Å². The zero-order chi connectivity index (χ0) is 28.5. The van der Waals surface area contributed by atoms with Gasteiger partial charge in [-0.05, 0) is 90.3 Å². The number of amides is 1. The molecule has 2 aromatic rings. The third kappa shape index (κ3) is 7.27. The molecule has 0 atom stereocenters. The Balaban J connectivity index is 1.98. The molecule has 0 fully saturated rings. The normalized spacial score (nSPS) is 13.9. The average molecular weight is 533 g/mol. The van der Waals surface area contributed by atoms with E-state index < -0.39 is 0 Å². The number of likely N-dealkylation sites (N-methyl/N-ethyl adjacent to an activating group) is 1. The van der Waals surface area contributed by atoms with Crippen molar-refractivity contribution in [3.8, 4) is 17.2 Å². The Morgan fingerprint density at radius 1 is 1.08 bits per heavy atom. The molecule has 2 aromatic carbocycles. The molecule has 1 aliphatic rings. The lowest BCUT2D eigenvalue weighted by Gasteiger charge is -2.17. The summed E-state index contributed by atoms with van der Waals surface area (Å²) in [5.74, 6) is 1.10. The fourth-order valence-corrected chi connectivity index (χ4v) is 4.38. The predicted molar refractivity (Wildman–Crippen MR) is 157 cm³/mol. The van der Waals surface area contributed by atoms with Crippen molar-refractivity contribution in [2.75, 3.05) is 48.0 Å². The van der Waals surface area contributed by atoms with Crippen LogP contribution >= 0.6 is 0 Å². The van der Waals surface area contributed by atoms with E-state index in [-0.39, 0.29) is 18.1 Å². The van der Waals surface area contributed by atoms with Gasteiger partial charge in [-0.3, -0.25) is 4.79 Å². The van der Waals surface area contributed by atoms with E-state index in [4.69, 9.17) is 14.2 Å². The zero-order valence-corrected chi connectivity index (χ0v) is 23.4. The fourth-order valence-electron chi connectivity index (χ4n) is 4.38. The molecule has 0 radical (unpaired) electrons. The first-order chi connectivity index (χ1) is 18.7. The van der Waals surface area contributed by atoms with Crippen LogP contribution in [0.2, 0.25) is 0 Å². The maximum atomic E-state index is 14.3. The summed E-state index contributed by atoms with van der Waals surface area (Å²) in [4.78, 5) is 14.9. The van der Waals surface area contributed by atoms with Crippen LogP contribution in [0.5, 0.6) is 17.2 Å². The van der Waals surface area contributed by atoms with Gasteiger partial charge in [0.1, 0.15) is 12.4 Å². The molecule has 0 unspecified atom stereocenters. The van der Waals surface area contributed by atoms with Gasteiger partial charge in [-0.2, -0.15) is 0 Å². The quantitative estimate of drug-likeness (QED) is 0.325. The minimum atomic E-state index is -0.355. The van der Waals surface area contributed by atoms with Crippen LogP contribution in [0, 0.1) is 5.82 Å². The van der Waals surface area contributed by atoms with E-state index in [1.54, 1.807) is 38.5 Å². The molecule has 0 saturated carbocycles. The lowest BCUT2D eigenvalue weighted by molar-refractivity contribution is -0.119. The van der Waals surface area contributed by atoms with Gasteiger partial charge in [0.15, 0.2) is 11.5 Å². The Bertz CT molecular complexity index is 1310. The molecule has 0 bridgehead atoms. The number of hydrogen-bond donors (Lipinski definition) is 1. The number of halogens is 1. The summed E-state index contributed by atoms with van der Waals surface area (Å²) >= 11 is 0. The predicted octanol–water partition coefficient (Wildman–Crippen LogP) is 5.92. The lowest BCUT2D eigenvalue weighted by Crippen LogP contribution is -2.25. The molecule has 0 aromatic heterocycles. The Hall–Kier alpha value is -4.10. The van der Waals surface area contributed by atoms with Crippen LogP contribution in [0.3, 0.4) is 0 Å². The number of nitrogens with one attached hydrogen (secondary N) is 1. The Morgan fingerprint density at radius 3 is 2.36 bits per heavy atom. The maximum Gasteiger partial charge on any atom is 0.224 e. The second-order valence-corrected chi connectivity index (χ2v) is 9.39. The number of carbonyl (C=O) groups excluding carboxylic acids is 1. The standard InChI is InChI=1S/C32H37FN2O4/c1-8-10-22(9-2)20-34-31(36)19-27-21(3)26(25-12-11-24(33)18-28(25)27)15-23-16-29(37-6)32(30(17-23)38-7)39-14-13-35(4)5/h8-12,15-18H,1-2,13-14,19-20H2,3-7H3,(H,34,36)/b22-10+,26-15-. The van der Waals surface area contributed by atoms with Gasteiger partial charge in [-0.25, -0.2) is 4.39 Å². The zero-order valence-electron chi connectivity index (χ0n) is 23.4. The van der Waals surface area contributed by atoms with Crippen molar-refractivity contribution in [1.82, 2.24) is 10.2 Å². The second-order valence-electron chi connectivity index (χ2n) is 9.39. The van der Waals surface area contributed by atoms with E-state index in [2.05, 4.69) is 18.5 Å². The molecule has 3 rings (SSSR count).